The van der Waals surface area contributed by atoms with Crippen molar-refractivity contribution in [2.45, 2.75) is 22.8 Å². The van der Waals surface area contributed by atoms with Crippen LogP contribution in [0.3, 0.4) is 0 Å². The maximum Gasteiger partial charge on any atom is 0.241 e. The highest BCUT2D eigenvalue weighted by molar-refractivity contribution is 7.99. The second-order valence-electron chi connectivity index (χ2n) is 6.38. The second kappa shape index (κ2) is 9.28. The fourth-order valence-electron chi connectivity index (χ4n) is 2.71. The smallest absolute Gasteiger partial charge is 0.241 e. The minimum atomic E-state index is -3.62. The van der Waals surface area contributed by atoms with E-state index < -0.39 is 10.0 Å². The zero-order valence-electron chi connectivity index (χ0n) is 15.8. The molecule has 0 amide bonds. The lowest BCUT2D eigenvalue weighted by molar-refractivity contribution is 0.414. The third-order valence-corrected chi connectivity index (χ3v) is 6.90. The van der Waals surface area contributed by atoms with Crippen molar-refractivity contribution in [2.24, 2.45) is 0 Å². The highest BCUT2D eigenvalue weighted by Crippen LogP contribution is 2.27. The van der Waals surface area contributed by atoms with Crippen LogP contribution in [0.1, 0.15) is 17.2 Å². The first kappa shape index (κ1) is 20.5. The third kappa shape index (κ3) is 5.38. The standard InChI is InChI=1S/C22H23NO3S2/c1-17-8-14-21(15-9-17)28(24,25)23-22(18-6-4-3-5-7-18)16-27-20-12-10-19(26-2)11-13-20/h3-15,22-23H,16H2,1-2H3/t22-/m0/s1. The summed E-state index contributed by atoms with van der Waals surface area (Å²) in [6, 6.07) is 23.9. The van der Waals surface area contributed by atoms with Crippen molar-refractivity contribution >= 4 is 21.8 Å². The molecule has 146 valence electrons. The molecule has 0 saturated heterocycles. The van der Waals surface area contributed by atoms with E-state index in [2.05, 4.69) is 4.72 Å². The molecule has 0 fully saturated rings. The summed E-state index contributed by atoms with van der Waals surface area (Å²) in [6.45, 7) is 1.93. The summed E-state index contributed by atoms with van der Waals surface area (Å²) < 4.78 is 33.8. The Morgan fingerprint density at radius 3 is 2.18 bits per heavy atom. The Hall–Kier alpha value is -2.28. The highest BCUT2D eigenvalue weighted by atomic mass is 32.2. The molecule has 0 heterocycles. The molecule has 0 radical (unpaired) electrons. The van der Waals surface area contributed by atoms with Gasteiger partial charge in [0.1, 0.15) is 5.75 Å². The Balaban J connectivity index is 1.79. The van der Waals surface area contributed by atoms with Crippen molar-refractivity contribution in [3.63, 3.8) is 0 Å². The molecule has 0 spiro atoms. The van der Waals surface area contributed by atoms with Gasteiger partial charge in [-0.15, -0.1) is 11.8 Å². The van der Waals surface area contributed by atoms with E-state index >= 15 is 0 Å². The lowest BCUT2D eigenvalue weighted by Crippen LogP contribution is -2.30. The van der Waals surface area contributed by atoms with Gasteiger partial charge in [0.2, 0.25) is 10.0 Å². The summed E-state index contributed by atoms with van der Waals surface area (Å²) in [5.74, 6) is 1.37. The zero-order chi connectivity index (χ0) is 20.0. The third-order valence-electron chi connectivity index (χ3n) is 4.31. The van der Waals surface area contributed by atoms with E-state index in [0.29, 0.717) is 5.75 Å². The summed E-state index contributed by atoms with van der Waals surface area (Å²) in [5.41, 5.74) is 1.95. The molecule has 1 N–H and O–H groups in total. The molecule has 4 nitrogen and oxygen atoms in total. The number of hydrogen-bond donors (Lipinski definition) is 1. The molecule has 3 aromatic rings. The minimum absolute atomic E-state index is 0.272. The fraction of sp³-hybridized carbons (Fsp3) is 0.182. The molecule has 3 aromatic carbocycles. The van der Waals surface area contributed by atoms with Crippen molar-refractivity contribution in [1.29, 1.82) is 0 Å². The predicted molar refractivity (Wildman–Crippen MR) is 114 cm³/mol. The number of thioether (sulfide) groups is 1. The molecule has 0 saturated carbocycles. The quantitative estimate of drug-likeness (QED) is 0.538. The van der Waals surface area contributed by atoms with Crippen molar-refractivity contribution in [2.75, 3.05) is 12.9 Å². The molecule has 0 unspecified atom stereocenters. The van der Waals surface area contributed by atoms with Crippen molar-refractivity contribution < 1.29 is 13.2 Å². The second-order valence-corrected chi connectivity index (χ2v) is 9.19. The average molecular weight is 414 g/mol. The molecule has 1 atom stereocenters. The van der Waals surface area contributed by atoms with Crippen LogP contribution in [0.25, 0.3) is 0 Å². The van der Waals surface area contributed by atoms with Gasteiger partial charge in [0.25, 0.3) is 0 Å². The van der Waals surface area contributed by atoms with Gasteiger partial charge in [-0.1, -0.05) is 48.0 Å². The maximum absolute atomic E-state index is 12.9. The van der Waals surface area contributed by atoms with E-state index in [0.717, 1.165) is 21.8 Å². The van der Waals surface area contributed by atoms with Crippen LogP contribution in [0.15, 0.2) is 88.7 Å². The van der Waals surface area contributed by atoms with Gasteiger partial charge in [0.15, 0.2) is 0 Å². The molecule has 0 bridgehead atoms. The van der Waals surface area contributed by atoms with Gasteiger partial charge in [0.05, 0.1) is 18.0 Å². The predicted octanol–water partition coefficient (Wildman–Crippen LogP) is 4.82. The summed E-state index contributed by atoms with van der Waals surface area (Å²) in [5, 5.41) is 0. The number of methoxy groups -OCH3 is 1. The normalized spacial score (nSPS) is 12.5. The van der Waals surface area contributed by atoms with Crippen LogP contribution in [0, 0.1) is 6.92 Å². The summed E-state index contributed by atoms with van der Waals surface area (Å²) >= 11 is 1.60. The molecule has 0 aliphatic rings. The van der Waals surface area contributed by atoms with Crippen molar-refractivity contribution in [1.82, 2.24) is 4.72 Å². The monoisotopic (exact) mass is 413 g/mol. The molecule has 6 heteroatoms. The van der Waals surface area contributed by atoms with Crippen LogP contribution in [-0.4, -0.2) is 21.3 Å². The van der Waals surface area contributed by atoms with Gasteiger partial charge < -0.3 is 4.74 Å². The van der Waals surface area contributed by atoms with Crippen LogP contribution in [0.4, 0.5) is 0 Å². The van der Waals surface area contributed by atoms with Crippen LogP contribution in [0.2, 0.25) is 0 Å². The fourth-order valence-corrected chi connectivity index (χ4v) is 5.00. The number of aryl methyl sites for hydroxylation is 1. The van der Waals surface area contributed by atoms with Gasteiger partial charge in [-0.2, -0.15) is 0 Å². The molecular weight excluding hydrogens is 390 g/mol. The molecule has 28 heavy (non-hydrogen) atoms. The van der Waals surface area contributed by atoms with Crippen LogP contribution >= 0.6 is 11.8 Å². The summed E-state index contributed by atoms with van der Waals surface area (Å²) in [4.78, 5) is 1.32. The number of sulfonamides is 1. The van der Waals surface area contributed by atoms with Gasteiger partial charge in [-0.25, -0.2) is 13.1 Å². The molecular formula is C22H23NO3S2. The van der Waals surface area contributed by atoms with E-state index in [9.17, 15) is 8.42 Å². The average Bonchev–Trinajstić information content (AvgIpc) is 2.72. The van der Waals surface area contributed by atoms with Crippen LogP contribution in [-0.2, 0) is 10.0 Å². The van der Waals surface area contributed by atoms with Crippen molar-refractivity contribution in [3.8, 4) is 5.75 Å². The number of benzene rings is 3. The Kier molecular flexibility index (Phi) is 6.78. The number of rotatable bonds is 8. The zero-order valence-corrected chi connectivity index (χ0v) is 17.5. The van der Waals surface area contributed by atoms with E-state index in [1.165, 1.54) is 0 Å². The van der Waals surface area contributed by atoms with E-state index in [4.69, 9.17) is 4.74 Å². The van der Waals surface area contributed by atoms with E-state index in [1.54, 1.807) is 43.1 Å². The topological polar surface area (TPSA) is 55.4 Å². The molecule has 3 rings (SSSR count). The Morgan fingerprint density at radius 1 is 0.929 bits per heavy atom. The molecule has 0 aliphatic carbocycles. The lowest BCUT2D eigenvalue weighted by atomic mass is 10.1. The summed E-state index contributed by atoms with van der Waals surface area (Å²) in [7, 11) is -1.99. The molecule has 0 aromatic heterocycles. The van der Waals surface area contributed by atoms with Gasteiger partial charge in [-0.3, -0.25) is 0 Å². The van der Waals surface area contributed by atoms with E-state index in [1.807, 2.05) is 61.5 Å². The number of nitrogens with one attached hydrogen (secondary N) is 1. The minimum Gasteiger partial charge on any atom is -0.497 e. The van der Waals surface area contributed by atoms with Crippen molar-refractivity contribution in [3.05, 3.63) is 90.0 Å². The Bertz CT molecular complexity index is 986. The first-order chi connectivity index (χ1) is 13.5. The highest BCUT2D eigenvalue weighted by Gasteiger charge is 2.21. The van der Waals surface area contributed by atoms with Gasteiger partial charge in [-0.05, 0) is 48.9 Å². The molecule has 0 aliphatic heterocycles. The SMILES string of the molecule is COc1ccc(SC[C@H](NS(=O)(=O)c2ccc(C)cc2)c2ccccc2)cc1. The van der Waals surface area contributed by atoms with Crippen LogP contribution in [0.5, 0.6) is 5.75 Å². The maximum atomic E-state index is 12.9. The lowest BCUT2D eigenvalue weighted by Gasteiger charge is -2.19. The number of ether oxygens (including phenoxy) is 1. The van der Waals surface area contributed by atoms with Gasteiger partial charge >= 0.3 is 0 Å². The first-order valence-electron chi connectivity index (χ1n) is 8.89. The van der Waals surface area contributed by atoms with E-state index in [-0.39, 0.29) is 10.9 Å². The van der Waals surface area contributed by atoms with Crippen LogP contribution < -0.4 is 9.46 Å². The number of hydrogen-bond acceptors (Lipinski definition) is 4. The summed E-state index contributed by atoms with van der Waals surface area (Å²) in [6.07, 6.45) is 0. The Morgan fingerprint density at radius 2 is 1.57 bits per heavy atom. The first-order valence-corrected chi connectivity index (χ1v) is 11.4. The largest absolute Gasteiger partial charge is 0.497 e. The van der Waals surface area contributed by atoms with Gasteiger partial charge in [0, 0.05) is 10.6 Å². The Labute approximate surface area is 171 Å².